The average molecular weight is 438 g/mol. The van der Waals surface area contributed by atoms with Crippen LogP contribution in [-0.2, 0) is 21.4 Å². The Morgan fingerprint density at radius 1 is 1.03 bits per heavy atom. The smallest absolute Gasteiger partial charge is 0.223 e. The van der Waals surface area contributed by atoms with Crippen molar-refractivity contribution < 1.29 is 13.2 Å². The van der Waals surface area contributed by atoms with Crippen LogP contribution in [-0.4, -0.2) is 59.5 Å². The summed E-state index contributed by atoms with van der Waals surface area (Å²) in [7, 11) is -3.27. The SMILES string of the molecule is CC(C)S(=O)(=O)N1CCN(C(=O)CC(Cn2cccc2)c2ccc(Cl)cc2)CC1. The highest BCUT2D eigenvalue weighted by Gasteiger charge is 2.31. The van der Waals surface area contributed by atoms with Crippen molar-refractivity contribution in [1.82, 2.24) is 13.8 Å². The molecule has 1 aromatic heterocycles. The van der Waals surface area contributed by atoms with Crippen molar-refractivity contribution >= 4 is 27.5 Å². The molecule has 0 N–H and O–H groups in total. The summed E-state index contributed by atoms with van der Waals surface area (Å²) in [5.74, 6) is 0.0725. The van der Waals surface area contributed by atoms with E-state index in [-0.39, 0.29) is 11.8 Å². The summed E-state index contributed by atoms with van der Waals surface area (Å²) in [5, 5.41) is 0.225. The summed E-state index contributed by atoms with van der Waals surface area (Å²) in [6, 6.07) is 11.6. The largest absolute Gasteiger partial charge is 0.354 e. The van der Waals surface area contributed by atoms with Crippen molar-refractivity contribution in [2.75, 3.05) is 26.2 Å². The molecule has 0 saturated carbocycles. The molecule has 1 aromatic carbocycles. The molecule has 1 aliphatic heterocycles. The summed E-state index contributed by atoms with van der Waals surface area (Å²) in [6.07, 6.45) is 4.35. The number of hydrogen-bond donors (Lipinski definition) is 0. The van der Waals surface area contributed by atoms with Gasteiger partial charge < -0.3 is 9.47 Å². The van der Waals surface area contributed by atoms with Crippen molar-refractivity contribution in [1.29, 1.82) is 0 Å². The predicted octanol–water partition coefficient (Wildman–Crippen LogP) is 3.20. The van der Waals surface area contributed by atoms with Crippen LogP contribution in [0, 0.1) is 0 Å². The Morgan fingerprint density at radius 2 is 1.62 bits per heavy atom. The van der Waals surface area contributed by atoms with E-state index in [0.29, 0.717) is 44.2 Å². The molecule has 6 nitrogen and oxygen atoms in total. The summed E-state index contributed by atoms with van der Waals surface area (Å²) in [4.78, 5) is 14.8. The Hall–Kier alpha value is -1.83. The van der Waals surface area contributed by atoms with Crippen LogP contribution in [0.4, 0.5) is 0 Å². The van der Waals surface area contributed by atoms with E-state index >= 15 is 0 Å². The van der Waals surface area contributed by atoms with Gasteiger partial charge in [-0.15, -0.1) is 0 Å². The van der Waals surface area contributed by atoms with E-state index < -0.39 is 15.3 Å². The first-order valence-electron chi connectivity index (χ1n) is 9.90. The predicted molar refractivity (Wildman–Crippen MR) is 115 cm³/mol. The van der Waals surface area contributed by atoms with E-state index in [4.69, 9.17) is 11.6 Å². The number of carbonyl (C=O) groups excluding carboxylic acids is 1. The fourth-order valence-corrected chi connectivity index (χ4v) is 4.99. The minimum absolute atomic E-state index is 0.0181. The molecule has 8 heteroatoms. The summed E-state index contributed by atoms with van der Waals surface area (Å²) in [6.45, 7) is 5.64. The number of nitrogens with zero attached hydrogens (tertiary/aromatic N) is 3. The quantitative estimate of drug-likeness (QED) is 0.668. The summed E-state index contributed by atoms with van der Waals surface area (Å²) in [5.41, 5.74) is 1.07. The van der Waals surface area contributed by atoms with Gasteiger partial charge in [0.2, 0.25) is 15.9 Å². The van der Waals surface area contributed by atoms with Crippen LogP contribution in [0.15, 0.2) is 48.8 Å². The van der Waals surface area contributed by atoms with Crippen LogP contribution in [0.3, 0.4) is 0 Å². The maximum Gasteiger partial charge on any atom is 0.223 e. The highest BCUT2D eigenvalue weighted by atomic mass is 35.5. The number of aromatic nitrogens is 1. The third-order valence-corrected chi connectivity index (χ3v) is 7.94. The minimum Gasteiger partial charge on any atom is -0.354 e. The number of halogens is 1. The van der Waals surface area contributed by atoms with Crippen molar-refractivity contribution in [3.63, 3.8) is 0 Å². The van der Waals surface area contributed by atoms with Crippen molar-refractivity contribution in [2.45, 2.75) is 38.0 Å². The number of piperazine rings is 1. The second-order valence-electron chi connectivity index (χ2n) is 7.71. The molecule has 2 aromatic rings. The third kappa shape index (κ3) is 5.41. The first-order valence-corrected chi connectivity index (χ1v) is 11.8. The van der Waals surface area contributed by atoms with Crippen molar-refractivity contribution in [3.8, 4) is 0 Å². The monoisotopic (exact) mass is 437 g/mol. The number of rotatable bonds is 7. The van der Waals surface area contributed by atoms with Crippen LogP contribution >= 0.6 is 11.6 Å². The van der Waals surface area contributed by atoms with Gasteiger partial charge in [0.05, 0.1) is 5.25 Å². The van der Waals surface area contributed by atoms with Crippen LogP contribution in [0.2, 0.25) is 5.02 Å². The molecule has 0 bridgehead atoms. The average Bonchev–Trinajstić information content (AvgIpc) is 3.21. The molecule has 1 amide bonds. The normalized spacial score (nSPS) is 16.9. The maximum absolute atomic E-state index is 13.0. The van der Waals surface area contributed by atoms with Gasteiger partial charge in [-0.05, 0) is 43.7 Å². The molecular weight excluding hydrogens is 410 g/mol. The van der Waals surface area contributed by atoms with Gasteiger partial charge in [-0.3, -0.25) is 4.79 Å². The molecule has 158 valence electrons. The Balaban J connectivity index is 1.66. The van der Waals surface area contributed by atoms with Crippen molar-refractivity contribution in [3.05, 3.63) is 59.4 Å². The van der Waals surface area contributed by atoms with Gasteiger partial charge in [-0.2, -0.15) is 4.31 Å². The lowest BCUT2D eigenvalue weighted by atomic mass is 9.94. The first-order chi connectivity index (χ1) is 13.8. The third-order valence-electron chi connectivity index (χ3n) is 5.41. The Bertz CT molecular complexity index is 903. The molecule has 29 heavy (non-hydrogen) atoms. The standard InChI is InChI=1S/C21H28ClN3O3S/c1-17(2)29(27,28)25-13-11-24(12-14-25)21(26)15-19(16-23-9-3-4-10-23)18-5-7-20(22)8-6-18/h3-10,17,19H,11-16H2,1-2H3. The molecule has 3 rings (SSSR count). The molecule has 0 aliphatic carbocycles. The minimum atomic E-state index is -3.27. The fourth-order valence-electron chi connectivity index (χ4n) is 3.60. The van der Waals surface area contributed by atoms with Crippen LogP contribution in [0.5, 0.6) is 0 Å². The molecule has 1 aliphatic rings. The lowest BCUT2D eigenvalue weighted by molar-refractivity contribution is -0.132. The number of benzene rings is 1. The zero-order chi connectivity index (χ0) is 21.0. The molecule has 1 atom stereocenters. The Labute approximate surface area is 178 Å². The molecule has 1 saturated heterocycles. The Kier molecular flexibility index (Phi) is 7.03. The van der Waals surface area contributed by atoms with Gasteiger partial charge in [-0.1, -0.05) is 23.7 Å². The number of hydrogen-bond acceptors (Lipinski definition) is 3. The number of amides is 1. The molecule has 0 spiro atoms. The molecular formula is C21H28ClN3O3S. The molecule has 1 unspecified atom stereocenters. The number of sulfonamides is 1. The van der Waals surface area contributed by atoms with E-state index in [9.17, 15) is 13.2 Å². The zero-order valence-corrected chi connectivity index (χ0v) is 18.4. The van der Waals surface area contributed by atoms with Crippen LogP contribution in [0.1, 0.15) is 31.7 Å². The van der Waals surface area contributed by atoms with E-state index in [0.717, 1.165) is 5.56 Å². The summed E-state index contributed by atoms with van der Waals surface area (Å²) < 4.78 is 28.2. The zero-order valence-electron chi connectivity index (χ0n) is 16.9. The van der Waals surface area contributed by atoms with Gasteiger partial charge in [0.25, 0.3) is 0 Å². The highest BCUT2D eigenvalue weighted by Crippen LogP contribution is 2.25. The highest BCUT2D eigenvalue weighted by molar-refractivity contribution is 7.89. The lowest BCUT2D eigenvalue weighted by Gasteiger charge is -2.35. The van der Waals surface area contributed by atoms with Crippen LogP contribution in [0.25, 0.3) is 0 Å². The summed E-state index contributed by atoms with van der Waals surface area (Å²) >= 11 is 6.03. The topological polar surface area (TPSA) is 62.6 Å². The van der Waals surface area contributed by atoms with Gasteiger partial charge in [0, 0.05) is 62.5 Å². The maximum atomic E-state index is 13.0. The van der Waals surface area contributed by atoms with Gasteiger partial charge >= 0.3 is 0 Å². The van der Waals surface area contributed by atoms with E-state index in [1.54, 1.807) is 18.7 Å². The van der Waals surface area contributed by atoms with E-state index in [2.05, 4.69) is 4.57 Å². The van der Waals surface area contributed by atoms with Gasteiger partial charge in [0.15, 0.2) is 0 Å². The second kappa shape index (κ2) is 9.32. The van der Waals surface area contributed by atoms with Gasteiger partial charge in [0.1, 0.15) is 0 Å². The van der Waals surface area contributed by atoms with Crippen LogP contribution < -0.4 is 0 Å². The number of carbonyl (C=O) groups is 1. The van der Waals surface area contributed by atoms with E-state index in [1.807, 2.05) is 48.8 Å². The Morgan fingerprint density at radius 3 is 2.17 bits per heavy atom. The fraction of sp³-hybridized carbons (Fsp3) is 0.476. The first kappa shape index (κ1) is 21.9. The molecule has 2 heterocycles. The van der Waals surface area contributed by atoms with Gasteiger partial charge in [-0.25, -0.2) is 8.42 Å². The molecule has 1 fully saturated rings. The molecule has 0 radical (unpaired) electrons. The van der Waals surface area contributed by atoms with E-state index in [1.165, 1.54) is 4.31 Å². The second-order valence-corrected chi connectivity index (χ2v) is 10.6. The van der Waals surface area contributed by atoms with Crippen molar-refractivity contribution in [2.24, 2.45) is 0 Å². The lowest BCUT2D eigenvalue weighted by Crippen LogP contribution is -2.52.